The first kappa shape index (κ1) is 18.4. The summed E-state index contributed by atoms with van der Waals surface area (Å²) < 4.78 is 20.4. The van der Waals surface area contributed by atoms with Gasteiger partial charge in [0.2, 0.25) is 0 Å². The Labute approximate surface area is 146 Å². The molecule has 132 valence electrons. The molecular weight excluding hydrogens is 324 g/mol. The topological polar surface area (TPSA) is 74.2 Å². The molecule has 2 aromatic carbocycles. The van der Waals surface area contributed by atoms with Crippen molar-refractivity contribution in [2.24, 2.45) is 0 Å². The van der Waals surface area contributed by atoms with Crippen molar-refractivity contribution in [3.63, 3.8) is 0 Å². The first-order chi connectivity index (χ1) is 12.1. The molecule has 0 spiro atoms. The van der Waals surface area contributed by atoms with Crippen LogP contribution in [0.4, 0.5) is 0 Å². The van der Waals surface area contributed by atoms with Crippen LogP contribution in [-0.2, 0) is 4.74 Å². The second kappa shape index (κ2) is 8.75. The predicted octanol–water partition coefficient (Wildman–Crippen LogP) is 3.29. The zero-order valence-corrected chi connectivity index (χ0v) is 14.3. The van der Waals surface area contributed by atoms with Crippen molar-refractivity contribution in [1.29, 1.82) is 0 Å². The summed E-state index contributed by atoms with van der Waals surface area (Å²) in [6.07, 6.45) is 3.03. The molecule has 6 nitrogen and oxygen atoms in total. The van der Waals surface area contributed by atoms with E-state index >= 15 is 0 Å². The summed E-state index contributed by atoms with van der Waals surface area (Å²) in [5, 5.41) is 10.0. The highest BCUT2D eigenvalue weighted by Crippen LogP contribution is 2.34. The normalized spacial score (nSPS) is 10.7. The SMILES string of the molecule is COCOc1ccc(/C=C/C(=O)c2cc(OC)c(OC)cc2O)cc1. The summed E-state index contributed by atoms with van der Waals surface area (Å²) in [7, 11) is 4.47. The van der Waals surface area contributed by atoms with Crippen molar-refractivity contribution in [2.45, 2.75) is 0 Å². The molecule has 0 bridgehead atoms. The highest BCUT2D eigenvalue weighted by Gasteiger charge is 2.14. The molecule has 0 saturated carbocycles. The van der Waals surface area contributed by atoms with Crippen LogP contribution in [0.5, 0.6) is 23.0 Å². The Bertz CT molecular complexity index is 749. The Hall–Kier alpha value is -2.99. The minimum Gasteiger partial charge on any atom is -0.507 e. The Kier molecular flexibility index (Phi) is 6.42. The standard InChI is InChI=1S/C19H20O6/c1-22-12-25-14-7-4-13(5-8-14)6-9-16(20)15-10-18(23-2)19(24-3)11-17(15)21/h4-11,21H,12H2,1-3H3/b9-6+. The molecule has 0 saturated heterocycles. The van der Waals surface area contributed by atoms with Gasteiger partial charge in [-0.2, -0.15) is 0 Å². The maximum atomic E-state index is 12.3. The minimum absolute atomic E-state index is 0.133. The van der Waals surface area contributed by atoms with Gasteiger partial charge in [-0.15, -0.1) is 0 Å². The largest absolute Gasteiger partial charge is 0.507 e. The van der Waals surface area contributed by atoms with E-state index in [-0.39, 0.29) is 23.9 Å². The summed E-state index contributed by atoms with van der Waals surface area (Å²) in [6.45, 7) is 0.173. The monoisotopic (exact) mass is 344 g/mol. The van der Waals surface area contributed by atoms with Crippen LogP contribution >= 0.6 is 0 Å². The first-order valence-corrected chi connectivity index (χ1v) is 7.48. The van der Waals surface area contributed by atoms with E-state index in [1.165, 1.54) is 32.4 Å². The third-order valence-electron chi connectivity index (χ3n) is 3.42. The maximum absolute atomic E-state index is 12.3. The lowest BCUT2D eigenvalue weighted by Gasteiger charge is -2.10. The number of hydrogen-bond acceptors (Lipinski definition) is 6. The van der Waals surface area contributed by atoms with Crippen molar-refractivity contribution in [1.82, 2.24) is 0 Å². The van der Waals surface area contributed by atoms with Crippen LogP contribution in [-0.4, -0.2) is 39.0 Å². The van der Waals surface area contributed by atoms with Crippen molar-refractivity contribution in [2.75, 3.05) is 28.1 Å². The summed E-state index contributed by atoms with van der Waals surface area (Å²) in [5.74, 6) is 0.875. The molecule has 0 fully saturated rings. The van der Waals surface area contributed by atoms with Crippen molar-refractivity contribution < 1.29 is 28.8 Å². The van der Waals surface area contributed by atoms with Gasteiger partial charge in [0, 0.05) is 13.2 Å². The van der Waals surface area contributed by atoms with Crippen LogP contribution in [0.15, 0.2) is 42.5 Å². The van der Waals surface area contributed by atoms with Crippen LogP contribution in [0.1, 0.15) is 15.9 Å². The lowest BCUT2D eigenvalue weighted by Crippen LogP contribution is -1.99. The first-order valence-electron chi connectivity index (χ1n) is 7.48. The molecule has 25 heavy (non-hydrogen) atoms. The number of aromatic hydroxyl groups is 1. The van der Waals surface area contributed by atoms with Crippen LogP contribution in [0, 0.1) is 0 Å². The third-order valence-corrected chi connectivity index (χ3v) is 3.42. The van der Waals surface area contributed by atoms with Gasteiger partial charge in [0.15, 0.2) is 24.1 Å². The predicted molar refractivity (Wildman–Crippen MR) is 93.5 cm³/mol. The molecule has 2 aromatic rings. The average molecular weight is 344 g/mol. The smallest absolute Gasteiger partial charge is 0.189 e. The van der Waals surface area contributed by atoms with E-state index < -0.39 is 0 Å². The number of methoxy groups -OCH3 is 3. The Morgan fingerprint density at radius 3 is 2.28 bits per heavy atom. The molecule has 0 atom stereocenters. The van der Waals surface area contributed by atoms with E-state index in [4.69, 9.17) is 18.9 Å². The Morgan fingerprint density at radius 2 is 1.68 bits per heavy atom. The highest BCUT2D eigenvalue weighted by atomic mass is 16.7. The zero-order valence-electron chi connectivity index (χ0n) is 14.3. The summed E-state index contributed by atoms with van der Waals surface area (Å²) in [5.41, 5.74) is 0.951. The van der Waals surface area contributed by atoms with Crippen molar-refractivity contribution in [3.8, 4) is 23.0 Å². The Morgan fingerprint density at radius 1 is 1.04 bits per heavy atom. The van der Waals surface area contributed by atoms with Gasteiger partial charge in [0.25, 0.3) is 0 Å². The number of carbonyl (C=O) groups is 1. The van der Waals surface area contributed by atoms with Crippen molar-refractivity contribution in [3.05, 3.63) is 53.6 Å². The van der Waals surface area contributed by atoms with E-state index in [1.54, 1.807) is 25.3 Å². The van der Waals surface area contributed by atoms with E-state index in [0.717, 1.165) is 5.56 Å². The highest BCUT2D eigenvalue weighted by molar-refractivity contribution is 6.09. The van der Waals surface area contributed by atoms with Gasteiger partial charge >= 0.3 is 0 Å². The lowest BCUT2D eigenvalue weighted by atomic mass is 10.1. The van der Waals surface area contributed by atoms with Crippen LogP contribution in [0.25, 0.3) is 6.08 Å². The molecular formula is C19H20O6. The fourth-order valence-electron chi connectivity index (χ4n) is 2.13. The second-order valence-electron chi connectivity index (χ2n) is 5.04. The molecule has 0 heterocycles. The molecule has 0 aliphatic rings. The average Bonchev–Trinajstić information content (AvgIpc) is 2.64. The van der Waals surface area contributed by atoms with Crippen LogP contribution < -0.4 is 14.2 Å². The molecule has 0 aliphatic carbocycles. The van der Waals surface area contributed by atoms with Gasteiger partial charge in [-0.05, 0) is 29.8 Å². The van der Waals surface area contributed by atoms with Gasteiger partial charge in [-0.1, -0.05) is 18.2 Å². The third kappa shape index (κ3) is 4.74. The number of hydrogen-bond donors (Lipinski definition) is 1. The van der Waals surface area contributed by atoms with Gasteiger partial charge in [0.1, 0.15) is 11.5 Å². The van der Waals surface area contributed by atoms with Crippen LogP contribution in [0.2, 0.25) is 0 Å². The number of phenolic OH excluding ortho intramolecular Hbond substituents is 1. The van der Waals surface area contributed by atoms with Gasteiger partial charge < -0.3 is 24.1 Å². The molecule has 6 heteroatoms. The summed E-state index contributed by atoms with van der Waals surface area (Å²) in [6, 6.07) is 9.96. The van der Waals surface area contributed by atoms with E-state index in [1.807, 2.05) is 12.1 Å². The molecule has 0 radical (unpaired) electrons. The minimum atomic E-state index is -0.349. The summed E-state index contributed by atoms with van der Waals surface area (Å²) in [4.78, 5) is 12.3. The molecule has 0 unspecified atom stereocenters. The molecule has 2 rings (SSSR count). The summed E-state index contributed by atoms with van der Waals surface area (Å²) >= 11 is 0. The fourth-order valence-corrected chi connectivity index (χ4v) is 2.13. The number of benzene rings is 2. The fraction of sp³-hybridized carbons (Fsp3) is 0.211. The quantitative estimate of drug-likeness (QED) is 0.450. The number of rotatable bonds is 8. The number of allylic oxidation sites excluding steroid dienone is 1. The van der Waals surface area contributed by atoms with Gasteiger partial charge in [-0.3, -0.25) is 4.79 Å². The molecule has 0 aliphatic heterocycles. The van der Waals surface area contributed by atoms with E-state index in [0.29, 0.717) is 17.2 Å². The number of ether oxygens (including phenoxy) is 4. The second-order valence-corrected chi connectivity index (χ2v) is 5.04. The molecule has 0 aromatic heterocycles. The van der Waals surface area contributed by atoms with E-state index in [9.17, 15) is 9.90 Å². The lowest BCUT2D eigenvalue weighted by molar-refractivity contribution is 0.0511. The van der Waals surface area contributed by atoms with Gasteiger partial charge in [0.05, 0.1) is 19.8 Å². The van der Waals surface area contributed by atoms with Crippen LogP contribution in [0.3, 0.4) is 0 Å². The number of phenols is 1. The van der Waals surface area contributed by atoms with Gasteiger partial charge in [-0.25, -0.2) is 0 Å². The number of ketones is 1. The van der Waals surface area contributed by atoms with Crippen molar-refractivity contribution >= 4 is 11.9 Å². The molecule has 0 amide bonds. The maximum Gasteiger partial charge on any atom is 0.189 e. The Balaban J connectivity index is 2.14. The zero-order chi connectivity index (χ0) is 18.2. The van der Waals surface area contributed by atoms with E-state index in [2.05, 4.69) is 0 Å². The molecule has 1 N–H and O–H groups in total. The number of carbonyl (C=O) groups excluding carboxylic acids is 1.